The molecule has 0 radical (unpaired) electrons. The lowest BCUT2D eigenvalue weighted by Crippen LogP contribution is -2.42. The molecule has 2 aromatic rings. The van der Waals surface area contributed by atoms with Gasteiger partial charge >= 0.3 is 0 Å². The van der Waals surface area contributed by atoms with Gasteiger partial charge in [0, 0.05) is 37.3 Å². The maximum Gasteiger partial charge on any atom is 0.256 e. The van der Waals surface area contributed by atoms with Crippen LogP contribution >= 0.6 is 0 Å². The number of aromatic nitrogens is 1. The predicted octanol–water partition coefficient (Wildman–Crippen LogP) is 3.75. The number of sulfonamides is 1. The summed E-state index contributed by atoms with van der Waals surface area (Å²) in [6.07, 6.45) is 7.49. The smallest absolute Gasteiger partial charge is 0.256 e. The van der Waals surface area contributed by atoms with Crippen molar-refractivity contribution < 1.29 is 13.2 Å². The quantitative estimate of drug-likeness (QED) is 0.716. The largest absolute Gasteiger partial charge is 0.349 e. The van der Waals surface area contributed by atoms with E-state index >= 15 is 0 Å². The fraction of sp³-hybridized carbons (Fsp3) is 0.600. The molecule has 8 heteroatoms. The maximum absolute atomic E-state index is 13.4. The standard InChI is InChI=1S/C25H35N3O4S/c1-4-27-16-21(25(30)26-22-8-6-5-7-18(22)3)24(29)20-15-19(9-10-23(20)27)33(31,32)28-13-11-17(2)12-14-28/h9-10,15-18,22H,4-8,11-14H2,1-3H3,(H,26,30). The first-order chi connectivity index (χ1) is 15.7. The summed E-state index contributed by atoms with van der Waals surface area (Å²) >= 11 is 0. The maximum atomic E-state index is 13.4. The van der Waals surface area contributed by atoms with Crippen LogP contribution in [-0.4, -0.2) is 42.3 Å². The second kappa shape index (κ2) is 9.58. The topological polar surface area (TPSA) is 88.5 Å². The minimum atomic E-state index is -3.69. The van der Waals surface area contributed by atoms with Crippen LogP contribution in [0.3, 0.4) is 0 Å². The molecule has 2 atom stereocenters. The van der Waals surface area contributed by atoms with Crippen molar-refractivity contribution in [1.29, 1.82) is 0 Å². The van der Waals surface area contributed by atoms with Crippen LogP contribution in [0, 0.1) is 11.8 Å². The number of nitrogens with zero attached hydrogens (tertiary/aromatic N) is 2. The fourth-order valence-electron chi connectivity index (χ4n) is 5.11. The molecular formula is C25H35N3O4S. The van der Waals surface area contributed by atoms with Gasteiger partial charge in [-0.05, 0) is 62.6 Å². The Morgan fingerprint density at radius 3 is 2.45 bits per heavy atom. The number of rotatable bonds is 5. The second-order valence-corrected chi connectivity index (χ2v) is 11.7. The third-order valence-corrected chi connectivity index (χ3v) is 9.34. The van der Waals surface area contributed by atoms with Crippen LogP contribution < -0.4 is 10.7 Å². The number of piperidine rings is 1. The number of nitrogens with one attached hydrogen (secondary N) is 1. The molecule has 2 aliphatic rings. The zero-order valence-corrected chi connectivity index (χ0v) is 20.7. The van der Waals surface area contributed by atoms with Gasteiger partial charge in [0.1, 0.15) is 5.56 Å². The van der Waals surface area contributed by atoms with E-state index in [2.05, 4.69) is 19.2 Å². The number of benzene rings is 1. The van der Waals surface area contributed by atoms with Crippen LogP contribution in [-0.2, 0) is 16.6 Å². The second-order valence-electron chi connectivity index (χ2n) is 9.77. The van der Waals surface area contributed by atoms with Crippen molar-refractivity contribution in [2.24, 2.45) is 11.8 Å². The highest BCUT2D eigenvalue weighted by molar-refractivity contribution is 7.89. The first-order valence-corrected chi connectivity index (χ1v) is 13.6. The Labute approximate surface area is 196 Å². The molecule has 1 aliphatic carbocycles. The van der Waals surface area contributed by atoms with E-state index in [-0.39, 0.29) is 27.8 Å². The highest BCUT2D eigenvalue weighted by Crippen LogP contribution is 2.26. The zero-order valence-electron chi connectivity index (χ0n) is 19.8. The summed E-state index contributed by atoms with van der Waals surface area (Å²) in [7, 11) is -3.69. The van der Waals surface area contributed by atoms with Crippen molar-refractivity contribution in [3.63, 3.8) is 0 Å². The van der Waals surface area contributed by atoms with Gasteiger partial charge in [-0.15, -0.1) is 0 Å². The zero-order chi connectivity index (χ0) is 23.8. The van der Waals surface area contributed by atoms with Crippen LogP contribution in [0.2, 0.25) is 0 Å². The first kappa shape index (κ1) is 24.0. The molecule has 1 N–H and O–H groups in total. The van der Waals surface area contributed by atoms with Crippen molar-refractivity contribution in [2.45, 2.75) is 76.8 Å². The van der Waals surface area contributed by atoms with E-state index in [1.807, 2.05) is 11.5 Å². The summed E-state index contributed by atoms with van der Waals surface area (Å²) in [5.41, 5.74) is 0.291. The van der Waals surface area contributed by atoms with Crippen molar-refractivity contribution in [3.8, 4) is 0 Å². The number of amides is 1. The Balaban J connectivity index is 1.72. The molecule has 7 nitrogen and oxygen atoms in total. The highest BCUT2D eigenvalue weighted by atomic mass is 32.2. The molecule has 1 aliphatic heterocycles. The van der Waals surface area contributed by atoms with Crippen molar-refractivity contribution in [1.82, 2.24) is 14.2 Å². The van der Waals surface area contributed by atoms with Crippen molar-refractivity contribution in [2.75, 3.05) is 13.1 Å². The van der Waals surface area contributed by atoms with Gasteiger partial charge in [-0.1, -0.05) is 26.7 Å². The molecule has 180 valence electrons. The van der Waals surface area contributed by atoms with E-state index in [0.717, 1.165) is 32.1 Å². The summed E-state index contributed by atoms with van der Waals surface area (Å²) in [5, 5.41) is 3.33. The Bertz CT molecular complexity index is 1200. The Hall–Kier alpha value is -2.19. The van der Waals surface area contributed by atoms with Crippen LogP contribution in [0.15, 0.2) is 34.1 Å². The van der Waals surface area contributed by atoms with Crippen LogP contribution in [0.25, 0.3) is 10.9 Å². The highest BCUT2D eigenvalue weighted by Gasteiger charge is 2.29. The SMILES string of the molecule is CCn1cc(C(=O)NC2CCCCC2C)c(=O)c2cc(S(=O)(=O)N3CCC(C)CC3)ccc21. The first-order valence-electron chi connectivity index (χ1n) is 12.2. The van der Waals surface area contributed by atoms with Crippen LogP contribution in [0.5, 0.6) is 0 Å². The Morgan fingerprint density at radius 1 is 1.09 bits per heavy atom. The summed E-state index contributed by atoms with van der Waals surface area (Å²) in [6, 6.07) is 4.77. The van der Waals surface area contributed by atoms with Crippen LogP contribution in [0.4, 0.5) is 0 Å². The van der Waals surface area contributed by atoms with Crippen molar-refractivity contribution in [3.05, 3.63) is 40.2 Å². The summed E-state index contributed by atoms with van der Waals surface area (Å²) < 4.78 is 29.9. The van der Waals surface area contributed by atoms with E-state index in [1.165, 1.54) is 16.8 Å². The molecule has 2 unspecified atom stereocenters. The third-order valence-electron chi connectivity index (χ3n) is 7.45. The predicted molar refractivity (Wildman–Crippen MR) is 130 cm³/mol. The normalized spacial score (nSPS) is 23.0. The molecule has 2 heterocycles. The van der Waals surface area contributed by atoms with Gasteiger partial charge in [0.2, 0.25) is 15.5 Å². The van der Waals surface area contributed by atoms with Crippen molar-refractivity contribution >= 4 is 26.8 Å². The number of hydrogen-bond donors (Lipinski definition) is 1. The third kappa shape index (κ3) is 4.73. The number of aryl methyl sites for hydroxylation is 1. The summed E-state index contributed by atoms with van der Waals surface area (Å²) in [4.78, 5) is 26.6. The van der Waals surface area contributed by atoms with Gasteiger partial charge in [0.15, 0.2) is 0 Å². The van der Waals surface area contributed by atoms with E-state index in [0.29, 0.717) is 37.0 Å². The lowest BCUT2D eigenvalue weighted by molar-refractivity contribution is 0.0908. The molecular weight excluding hydrogens is 438 g/mol. The van der Waals surface area contributed by atoms with Gasteiger partial charge in [-0.2, -0.15) is 4.31 Å². The van der Waals surface area contributed by atoms with Gasteiger partial charge in [-0.25, -0.2) is 8.42 Å². The number of carbonyl (C=O) groups is 1. The Kier molecular flexibility index (Phi) is 6.96. The number of pyridine rings is 1. The number of carbonyl (C=O) groups excluding carboxylic acids is 1. The minimum Gasteiger partial charge on any atom is -0.349 e. The van der Waals surface area contributed by atoms with E-state index < -0.39 is 15.5 Å². The minimum absolute atomic E-state index is 0.0598. The molecule has 1 saturated heterocycles. The van der Waals surface area contributed by atoms with E-state index in [9.17, 15) is 18.0 Å². The molecule has 1 aromatic carbocycles. The molecule has 1 amide bonds. The van der Waals surface area contributed by atoms with Gasteiger partial charge in [0.05, 0.1) is 10.4 Å². The molecule has 0 bridgehead atoms. The molecule has 1 saturated carbocycles. The fourth-order valence-corrected chi connectivity index (χ4v) is 6.61. The van der Waals surface area contributed by atoms with E-state index in [1.54, 1.807) is 18.3 Å². The molecule has 0 spiro atoms. The number of hydrogen-bond acceptors (Lipinski definition) is 4. The van der Waals surface area contributed by atoms with Gasteiger partial charge in [0.25, 0.3) is 5.91 Å². The number of fused-ring (bicyclic) bond motifs is 1. The summed E-state index contributed by atoms with van der Waals surface area (Å²) in [5.74, 6) is 0.513. The monoisotopic (exact) mass is 473 g/mol. The van der Waals surface area contributed by atoms with E-state index in [4.69, 9.17) is 0 Å². The molecule has 4 rings (SSSR count). The molecule has 1 aromatic heterocycles. The van der Waals surface area contributed by atoms with Gasteiger partial charge in [-0.3, -0.25) is 9.59 Å². The lowest BCUT2D eigenvalue weighted by atomic mass is 9.86. The summed E-state index contributed by atoms with van der Waals surface area (Å²) in [6.45, 7) is 7.74. The average molecular weight is 474 g/mol. The molecule has 2 fully saturated rings. The lowest BCUT2D eigenvalue weighted by Gasteiger charge is -2.29. The molecule has 33 heavy (non-hydrogen) atoms. The Morgan fingerprint density at radius 2 is 1.79 bits per heavy atom. The van der Waals surface area contributed by atoms with Gasteiger partial charge < -0.3 is 9.88 Å². The average Bonchev–Trinajstić information content (AvgIpc) is 2.81. The van der Waals surface area contributed by atoms with Crippen LogP contribution in [0.1, 0.15) is 69.7 Å².